The molecule has 5 rings (SSSR count). The predicted octanol–water partition coefficient (Wildman–Crippen LogP) is 5.66. The Labute approximate surface area is 236 Å². The highest BCUT2D eigenvalue weighted by Crippen LogP contribution is 2.31. The van der Waals surface area contributed by atoms with Crippen LogP contribution in [-0.4, -0.2) is 68.9 Å². The molecule has 4 aromatic rings. The van der Waals surface area contributed by atoms with Gasteiger partial charge >= 0.3 is 6.18 Å². The molecule has 1 aliphatic rings. The number of rotatable bonds is 9. The van der Waals surface area contributed by atoms with Gasteiger partial charge in [0.05, 0.1) is 35.3 Å². The largest absolute Gasteiger partial charge is 0.457 e. The quantitative estimate of drug-likeness (QED) is 0.280. The number of nitrogens with zero attached hydrogens (tertiary/aromatic N) is 5. The Balaban J connectivity index is 1.21. The molecule has 2 aromatic heterocycles. The number of carbonyl (C=O) groups excluding carboxylic acids is 1. The van der Waals surface area contributed by atoms with E-state index in [2.05, 4.69) is 38.9 Å². The van der Waals surface area contributed by atoms with Gasteiger partial charge in [0.2, 0.25) is 5.95 Å². The molecule has 1 saturated heterocycles. The highest BCUT2D eigenvalue weighted by Gasteiger charge is 2.30. The Morgan fingerprint density at radius 1 is 1.00 bits per heavy atom. The Morgan fingerprint density at radius 2 is 1.71 bits per heavy atom. The van der Waals surface area contributed by atoms with Crippen LogP contribution in [0.25, 0.3) is 11.0 Å². The van der Waals surface area contributed by atoms with Crippen LogP contribution in [0.1, 0.15) is 25.1 Å². The first kappa shape index (κ1) is 28.6. The standard InChI is InChI=1S/C30H33F3N6O2/c1-20(2)39-14-12-38(13-15-39)19-24(40)16-23-17-26(10-11-34-23)41-25-8-9-28-27(18-25)36-29(37(28)3)35-22-6-4-21(5-7-22)30(31,32)33/h4-11,17-18,20H,12-16,19H2,1-3H3,(H,35,36). The summed E-state index contributed by atoms with van der Waals surface area (Å²) in [6.07, 6.45) is -2.52. The number of hydrogen-bond donors (Lipinski definition) is 1. The molecule has 0 unspecified atom stereocenters. The number of fused-ring (bicyclic) bond motifs is 1. The van der Waals surface area contributed by atoms with Crippen molar-refractivity contribution < 1.29 is 22.7 Å². The summed E-state index contributed by atoms with van der Waals surface area (Å²) in [6.45, 7) is 8.52. The first-order chi connectivity index (χ1) is 19.5. The van der Waals surface area contributed by atoms with E-state index in [4.69, 9.17) is 4.74 Å². The third kappa shape index (κ3) is 7.04. The first-order valence-corrected chi connectivity index (χ1v) is 13.6. The van der Waals surface area contributed by atoms with Crippen LogP contribution in [0.2, 0.25) is 0 Å². The van der Waals surface area contributed by atoms with Crippen molar-refractivity contribution in [1.29, 1.82) is 0 Å². The van der Waals surface area contributed by atoms with Crippen molar-refractivity contribution in [2.45, 2.75) is 32.5 Å². The van der Waals surface area contributed by atoms with Crippen LogP contribution in [0.15, 0.2) is 60.8 Å². The average molecular weight is 567 g/mol. The van der Waals surface area contributed by atoms with Gasteiger partial charge in [0.25, 0.3) is 0 Å². The molecule has 0 atom stereocenters. The predicted molar refractivity (Wildman–Crippen MR) is 152 cm³/mol. The van der Waals surface area contributed by atoms with Crippen molar-refractivity contribution in [3.05, 3.63) is 72.1 Å². The molecule has 8 nitrogen and oxygen atoms in total. The number of alkyl halides is 3. The third-order valence-electron chi connectivity index (χ3n) is 7.26. The van der Waals surface area contributed by atoms with Crippen molar-refractivity contribution in [2.75, 3.05) is 38.0 Å². The van der Waals surface area contributed by atoms with E-state index in [1.54, 1.807) is 24.4 Å². The minimum atomic E-state index is -4.39. The summed E-state index contributed by atoms with van der Waals surface area (Å²) < 4.78 is 46.5. The van der Waals surface area contributed by atoms with E-state index >= 15 is 0 Å². The second kappa shape index (κ2) is 11.9. The lowest BCUT2D eigenvalue weighted by Crippen LogP contribution is -2.50. The Morgan fingerprint density at radius 3 is 2.39 bits per heavy atom. The van der Waals surface area contributed by atoms with Gasteiger partial charge in [-0.15, -0.1) is 0 Å². The molecule has 0 amide bonds. The van der Waals surface area contributed by atoms with Crippen molar-refractivity contribution in [2.24, 2.45) is 7.05 Å². The van der Waals surface area contributed by atoms with E-state index in [0.29, 0.717) is 46.9 Å². The molecule has 0 spiro atoms. The summed E-state index contributed by atoms with van der Waals surface area (Å²) in [4.78, 5) is 26.3. The lowest BCUT2D eigenvalue weighted by atomic mass is 10.1. The minimum Gasteiger partial charge on any atom is -0.457 e. The summed E-state index contributed by atoms with van der Waals surface area (Å²) >= 11 is 0. The van der Waals surface area contributed by atoms with Gasteiger partial charge in [-0.2, -0.15) is 13.2 Å². The summed E-state index contributed by atoms with van der Waals surface area (Å²) in [6, 6.07) is 14.3. The van der Waals surface area contributed by atoms with Gasteiger partial charge in [-0.1, -0.05) is 0 Å². The van der Waals surface area contributed by atoms with Crippen LogP contribution in [0.4, 0.5) is 24.8 Å². The number of anilines is 2. The van der Waals surface area contributed by atoms with Crippen LogP contribution in [0.5, 0.6) is 11.5 Å². The van der Waals surface area contributed by atoms with Crippen LogP contribution in [-0.2, 0) is 24.4 Å². The molecule has 11 heteroatoms. The molecule has 0 bridgehead atoms. The van der Waals surface area contributed by atoms with Crippen molar-refractivity contribution in [3.63, 3.8) is 0 Å². The summed E-state index contributed by atoms with van der Waals surface area (Å²) in [5.74, 6) is 1.72. The molecule has 2 aromatic carbocycles. The van der Waals surface area contributed by atoms with E-state index in [0.717, 1.165) is 43.8 Å². The number of carbonyl (C=O) groups is 1. The number of ketones is 1. The zero-order valence-electron chi connectivity index (χ0n) is 23.3. The molecular weight excluding hydrogens is 533 g/mol. The molecule has 3 heterocycles. The van der Waals surface area contributed by atoms with E-state index in [-0.39, 0.29) is 12.2 Å². The second-order valence-corrected chi connectivity index (χ2v) is 10.6. The molecule has 0 saturated carbocycles. The van der Waals surface area contributed by atoms with Gasteiger partial charge < -0.3 is 14.6 Å². The summed E-state index contributed by atoms with van der Waals surface area (Å²) in [7, 11) is 1.82. The van der Waals surface area contributed by atoms with Gasteiger partial charge in [0, 0.05) is 63.3 Å². The lowest BCUT2D eigenvalue weighted by Gasteiger charge is -2.36. The Hall–Kier alpha value is -3.96. The first-order valence-electron chi connectivity index (χ1n) is 13.6. The number of Topliss-reactive ketones (excluding diaryl/α,β-unsaturated/α-hetero) is 1. The zero-order chi connectivity index (χ0) is 29.1. The highest BCUT2D eigenvalue weighted by molar-refractivity contribution is 5.83. The molecule has 216 valence electrons. The molecule has 0 aliphatic carbocycles. The molecule has 41 heavy (non-hydrogen) atoms. The number of piperazine rings is 1. The van der Waals surface area contributed by atoms with E-state index in [9.17, 15) is 18.0 Å². The summed E-state index contributed by atoms with van der Waals surface area (Å²) in [5, 5.41) is 3.07. The lowest BCUT2D eigenvalue weighted by molar-refractivity contribution is -0.137. The topological polar surface area (TPSA) is 75.5 Å². The Kier molecular flexibility index (Phi) is 8.27. The van der Waals surface area contributed by atoms with E-state index in [1.165, 1.54) is 12.1 Å². The number of aryl methyl sites for hydroxylation is 1. The number of halogens is 3. The number of ether oxygens (including phenoxy) is 1. The van der Waals surface area contributed by atoms with Crippen LogP contribution >= 0.6 is 0 Å². The van der Waals surface area contributed by atoms with Crippen molar-refractivity contribution in [1.82, 2.24) is 24.3 Å². The number of hydrogen-bond acceptors (Lipinski definition) is 7. The van der Waals surface area contributed by atoms with Crippen molar-refractivity contribution >= 4 is 28.5 Å². The Bertz CT molecular complexity index is 1510. The monoisotopic (exact) mass is 566 g/mol. The maximum atomic E-state index is 12.9. The summed E-state index contributed by atoms with van der Waals surface area (Å²) in [5.41, 5.74) is 1.90. The number of nitrogens with one attached hydrogen (secondary N) is 1. The van der Waals surface area contributed by atoms with Gasteiger partial charge in [0.1, 0.15) is 11.5 Å². The fourth-order valence-corrected chi connectivity index (χ4v) is 4.92. The van der Waals surface area contributed by atoms with Crippen LogP contribution in [0, 0.1) is 0 Å². The number of pyridine rings is 1. The van der Waals surface area contributed by atoms with E-state index < -0.39 is 11.7 Å². The number of aromatic nitrogens is 3. The molecule has 1 fully saturated rings. The maximum Gasteiger partial charge on any atom is 0.416 e. The maximum absolute atomic E-state index is 12.9. The molecule has 1 aliphatic heterocycles. The fourth-order valence-electron chi connectivity index (χ4n) is 4.92. The minimum absolute atomic E-state index is 0.121. The van der Waals surface area contributed by atoms with Crippen LogP contribution < -0.4 is 10.1 Å². The SMILES string of the molecule is CC(C)N1CCN(CC(=O)Cc2cc(Oc3ccc4c(c3)nc(Nc3ccc(C(F)(F)F)cc3)n4C)ccn2)CC1. The zero-order valence-corrected chi connectivity index (χ0v) is 23.3. The average Bonchev–Trinajstić information content (AvgIpc) is 3.23. The van der Waals surface area contributed by atoms with Gasteiger partial charge in [-0.05, 0) is 56.3 Å². The smallest absolute Gasteiger partial charge is 0.416 e. The van der Waals surface area contributed by atoms with Gasteiger partial charge in [-0.25, -0.2) is 4.98 Å². The molecule has 1 N–H and O–H groups in total. The second-order valence-electron chi connectivity index (χ2n) is 10.6. The van der Waals surface area contributed by atoms with Crippen LogP contribution in [0.3, 0.4) is 0 Å². The third-order valence-corrected chi connectivity index (χ3v) is 7.26. The molecule has 0 radical (unpaired) electrons. The van der Waals surface area contributed by atoms with Crippen molar-refractivity contribution in [3.8, 4) is 11.5 Å². The fraction of sp³-hybridized carbons (Fsp3) is 0.367. The normalized spacial score (nSPS) is 15.0. The number of imidazole rings is 1. The number of benzene rings is 2. The highest BCUT2D eigenvalue weighted by atomic mass is 19.4. The van der Waals surface area contributed by atoms with Gasteiger partial charge in [0.15, 0.2) is 5.78 Å². The van der Waals surface area contributed by atoms with Gasteiger partial charge in [-0.3, -0.25) is 19.6 Å². The van der Waals surface area contributed by atoms with E-state index in [1.807, 2.05) is 23.7 Å². The molecular formula is C30H33F3N6O2.